The van der Waals surface area contributed by atoms with E-state index in [4.69, 9.17) is 10.5 Å². The van der Waals surface area contributed by atoms with Crippen LogP contribution in [0.4, 0.5) is 0 Å². The van der Waals surface area contributed by atoms with E-state index in [-0.39, 0.29) is 18.1 Å². The van der Waals surface area contributed by atoms with E-state index in [1.165, 1.54) is 6.42 Å². The number of nitrogens with one attached hydrogen (secondary N) is 1. The molecule has 0 saturated heterocycles. The first-order valence-electron chi connectivity index (χ1n) is 8.27. The van der Waals surface area contributed by atoms with Gasteiger partial charge in [0.2, 0.25) is 5.91 Å². The van der Waals surface area contributed by atoms with Crippen LogP contribution in [0.5, 0.6) is 5.75 Å². The van der Waals surface area contributed by atoms with Crippen molar-refractivity contribution in [2.75, 3.05) is 0 Å². The van der Waals surface area contributed by atoms with Crippen LogP contribution in [0.2, 0.25) is 0 Å². The van der Waals surface area contributed by atoms with Gasteiger partial charge in [-0.05, 0) is 51.3 Å². The number of amides is 1. The van der Waals surface area contributed by atoms with E-state index in [0.717, 1.165) is 37.0 Å². The maximum absolute atomic E-state index is 12.5. The third-order valence-corrected chi connectivity index (χ3v) is 4.28. The first-order valence-corrected chi connectivity index (χ1v) is 8.27. The van der Waals surface area contributed by atoms with Crippen LogP contribution in [-0.4, -0.2) is 17.6 Å². The predicted octanol–water partition coefficient (Wildman–Crippen LogP) is 3.31. The summed E-state index contributed by atoms with van der Waals surface area (Å²) in [7, 11) is 0. The molecule has 1 unspecified atom stereocenters. The summed E-state index contributed by atoms with van der Waals surface area (Å²) in [5.74, 6) is 0.795. The fraction of sp³-hybridized carbons (Fsp3) is 0.611. The van der Waals surface area contributed by atoms with Crippen molar-refractivity contribution >= 4 is 5.91 Å². The number of nitrogens with two attached hydrogens (primary N) is 1. The molecule has 1 atom stereocenters. The fourth-order valence-electron chi connectivity index (χ4n) is 2.96. The van der Waals surface area contributed by atoms with Crippen LogP contribution >= 0.6 is 0 Å². The molecule has 1 aliphatic carbocycles. The van der Waals surface area contributed by atoms with Crippen molar-refractivity contribution in [3.8, 4) is 5.75 Å². The van der Waals surface area contributed by atoms with Crippen molar-refractivity contribution in [3.63, 3.8) is 0 Å². The molecule has 0 aromatic heterocycles. The standard InChI is InChI=1S/C18H28N2O2/c1-13(2)22-16-9-7-8-15(12-16)14(3)20-17(21)18(19)10-5-4-6-11-18/h7-9,12-14H,4-6,10-11,19H2,1-3H3,(H,20,21). The summed E-state index contributed by atoms with van der Waals surface area (Å²) >= 11 is 0. The monoisotopic (exact) mass is 304 g/mol. The molecule has 1 aromatic carbocycles. The number of hydrogen-bond acceptors (Lipinski definition) is 3. The fourth-order valence-corrected chi connectivity index (χ4v) is 2.96. The minimum absolute atomic E-state index is 0.0325. The van der Waals surface area contributed by atoms with Gasteiger partial charge in [0.05, 0.1) is 17.7 Å². The maximum atomic E-state index is 12.5. The summed E-state index contributed by atoms with van der Waals surface area (Å²) in [4.78, 5) is 12.5. The van der Waals surface area contributed by atoms with Gasteiger partial charge in [-0.3, -0.25) is 4.79 Å². The maximum Gasteiger partial charge on any atom is 0.240 e. The number of hydrogen-bond donors (Lipinski definition) is 2. The van der Waals surface area contributed by atoms with Crippen LogP contribution in [0.3, 0.4) is 0 Å². The molecule has 0 heterocycles. The Morgan fingerprint density at radius 3 is 2.55 bits per heavy atom. The largest absolute Gasteiger partial charge is 0.491 e. The van der Waals surface area contributed by atoms with E-state index in [1.54, 1.807) is 0 Å². The van der Waals surface area contributed by atoms with Crippen molar-refractivity contribution < 1.29 is 9.53 Å². The van der Waals surface area contributed by atoms with Gasteiger partial charge >= 0.3 is 0 Å². The lowest BCUT2D eigenvalue weighted by atomic mass is 9.81. The second kappa shape index (κ2) is 7.14. The molecule has 4 heteroatoms. The van der Waals surface area contributed by atoms with Gasteiger partial charge in [-0.25, -0.2) is 0 Å². The lowest BCUT2D eigenvalue weighted by Gasteiger charge is -2.33. The third kappa shape index (κ3) is 4.23. The summed E-state index contributed by atoms with van der Waals surface area (Å²) in [6, 6.07) is 7.79. The quantitative estimate of drug-likeness (QED) is 0.877. The van der Waals surface area contributed by atoms with Gasteiger partial charge in [-0.1, -0.05) is 31.4 Å². The van der Waals surface area contributed by atoms with Gasteiger partial charge < -0.3 is 15.8 Å². The molecule has 1 saturated carbocycles. The Hall–Kier alpha value is -1.55. The van der Waals surface area contributed by atoms with Crippen LogP contribution in [0.15, 0.2) is 24.3 Å². The summed E-state index contributed by atoms with van der Waals surface area (Å²) in [5.41, 5.74) is 6.63. The Morgan fingerprint density at radius 1 is 1.23 bits per heavy atom. The average Bonchev–Trinajstić information content (AvgIpc) is 2.47. The van der Waals surface area contributed by atoms with Crippen molar-refractivity contribution in [1.82, 2.24) is 5.32 Å². The minimum atomic E-state index is -0.696. The smallest absolute Gasteiger partial charge is 0.240 e. The van der Waals surface area contributed by atoms with Crippen molar-refractivity contribution in [1.29, 1.82) is 0 Å². The van der Waals surface area contributed by atoms with Gasteiger partial charge in [0.25, 0.3) is 0 Å². The van der Waals surface area contributed by atoms with Crippen LogP contribution < -0.4 is 15.8 Å². The molecule has 1 aromatic rings. The highest BCUT2D eigenvalue weighted by atomic mass is 16.5. The summed E-state index contributed by atoms with van der Waals surface area (Å²) < 4.78 is 5.71. The molecule has 0 radical (unpaired) electrons. The molecule has 0 bridgehead atoms. The van der Waals surface area contributed by atoms with Crippen LogP contribution in [0, 0.1) is 0 Å². The number of rotatable bonds is 5. The Balaban J connectivity index is 2.02. The molecule has 1 amide bonds. The summed E-state index contributed by atoms with van der Waals surface area (Å²) in [6.07, 6.45) is 4.95. The van der Waals surface area contributed by atoms with E-state index in [9.17, 15) is 4.79 Å². The third-order valence-electron chi connectivity index (χ3n) is 4.28. The number of ether oxygens (including phenoxy) is 1. The van der Waals surface area contributed by atoms with Gasteiger partial charge in [-0.2, -0.15) is 0 Å². The van der Waals surface area contributed by atoms with Gasteiger partial charge in [0.1, 0.15) is 5.75 Å². The highest BCUT2D eigenvalue weighted by Gasteiger charge is 2.35. The molecular weight excluding hydrogens is 276 g/mol. The lowest BCUT2D eigenvalue weighted by molar-refractivity contribution is -0.128. The molecular formula is C18H28N2O2. The first kappa shape index (κ1) is 16.8. The number of carbonyl (C=O) groups excluding carboxylic acids is 1. The number of carbonyl (C=O) groups is 1. The summed E-state index contributed by atoms with van der Waals surface area (Å²) in [6.45, 7) is 5.98. The first-order chi connectivity index (χ1) is 10.4. The normalized spacial score (nSPS) is 18.8. The van der Waals surface area contributed by atoms with Crippen LogP contribution in [-0.2, 0) is 4.79 Å². The molecule has 0 spiro atoms. The topological polar surface area (TPSA) is 64.3 Å². The van der Waals surface area contributed by atoms with Crippen LogP contribution in [0.1, 0.15) is 64.5 Å². The Kier molecular flexibility index (Phi) is 5.46. The Bertz CT molecular complexity index is 508. The van der Waals surface area contributed by atoms with Crippen molar-refractivity contribution in [2.24, 2.45) is 5.73 Å². The molecule has 1 fully saturated rings. The SMILES string of the molecule is CC(C)Oc1cccc(C(C)NC(=O)C2(N)CCCCC2)c1. The molecule has 1 aliphatic rings. The molecule has 122 valence electrons. The molecule has 0 aliphatic heterocycles. The van der Waals surface area contributed by atoms with E-state index >= 15 is 0 Å². The zero-order chi connectivity index (χ0) is 16.2. The highest BCUT2D eigenvalue weighted by Crippen LogP contribution is 2.27. The van der Waals surface area contributed by atoms with E-state index < -0.39 is 5.54 Å². The van der Waals surface area contributed by atoms with Gasteiger partial charge in [-0.15, -0.1) is 0 Å². The highest BCUT2D eigenvalue weighted by molar-refractivity contribution is 5.86. The predicted molar refractivity (Wildman–Crippen MR) is 88.8 cm³/mol. The molecule has 2 rings (SSSR count). The zero-order valence-corrected chi connectivity index (χ0v) is 13.9. The second-order valence-electron chi connectivity index (χ2n) is 6.65. The Labute approximate surface area is 133 Å². The van der Waals surface area contributed by atoms with Crippen molar-refractivity contribution in [2.45, 2.75) is 70.6 Å². The second-order valence-corrected chi connectivity index (χ2v) is 6.65. The van der Waals surface area contributed by atoms with E-state index in [0.29, 0.717) is 0 Å². The van der Waals surface area contributed by atoms with Crippen molar-refractivity contribution in [3.05, 3.63) is 29.8 Å². The minimum Gasteiger partial charge on any atom is -0.491 e. The van der Waals surface area contributed by atoms with E-state index in [1.807, 2.05) is 45.0 Å². The van der Waals surface area contributed by atoms with Crippen LogP contribution in [0.25, 0.3) is 0 Å². The zero-order valence-electron chi connectivity index (χ0n) is 13.9. The molecule has 3 N–H and O–H groups in total. The number of benzene rings is 1. The molecule has 4 nitrogen and oxygen atoms in total. The van der Waals surface area contributed by atoms with Gasteiger partial charge in [0, 0.05) is 0 Å². The lowest BCUT2D eigenvalue weighted by Crippen LogP contribution is -2.55. The van der Waals surface area contributed by atoms with E-state index in [2.05, 4.69) is 5.32 Å². The van der Waals surface area contributed by atoms with Gasteiger partial charge in [0.15, 0.2) is 0 Å². The summed E-state index contributed by atoms with van der Waals surface area (Å²) in [5, 5.41) is 3.07. The Morgan fingerprint density at radius 2 is 1.91 bits per heavy atom. The average molecular weight is 304 g/mol. The molecule has 22 heavy (non-hydrogen) atoms.